The normalized spacial score (nSPS) is 14.0. The lowest BCUT2D eigenvalue weighted by atomic mass is 9.95. The van der Waals surface area contributed by atoms with Crippen molar-refractivity contribution in [1.29, 1.82) is 5.26 Å². The molecule has 0 radical (unpaired) electrons. The molecule has 1 aliphatic rings. The van der Waals surface area contributed by atoms with Crippen LogP contribution in [0, 0.1) is 18.3 Å². The molecule has 0 amide bonds. The van der Waals surface area contributed by atoms with Crippen molar-refractivity contribution in [2.24, 2.45) is 0 Å². The number of carbonyl (C=O) groups is 1. The molecule has 3 aromatic rings. The maximum absolute atomic E-state index is 12.9. The first-order valence-electron chi connectivity index (χ1n) is 9.75. The van der Waals surface area contributed by atoms with Gasteiger partial charge in [0, 0.05) is 36.6 Å². The lowest BCUT2D eigenvalue weighted by Crippen LogP contribution is -2.22. The van der Waals surface area contributed by atoms with E-state index in [1.54, 1.807) is 12.1 Å². The molecule has 0 saturated heterocycles. The van der Waals surface area contributed by atoms with Crippen molar-refractivity contribution in [3.63, 3.8) is 0 Å². The van der Waals surface area contributed by atoms with Crippen LogP contribution in [-0.4, -0.2) is 37.4 Å². The molecule has 1 unspecified atom stereocenters. The van der Waals surface area contributed by atoms with E-state index >= 15 is 0 Å². The lowest BCUT2D eigenvalue weighted by Gasteiger charge is -2.16. The Labute approximate surface area is 185 Å². The van der Waals surface area contributed by atoms with Crippen LogP contribution >= 0.6 is 0 Å². The molecule has 4 rings (SSSR count). The number of carbonyl (C=O) groups excluding carboxylic acids is 1. The Morgan fingerprint density at radius 1 is 1.33 bits per heavy atom. The molecule has 3 heterocycles. The third-order valence-electron chi connectivity index (χ3n) is 5.23. The van der Waals surface area contributed by atoms with Gasteiger partial charge in [-0.2, -0.15) is 23.5 Å². The van der Waals surface area contributed by atoms with Gasteiger partial charge in [0.25, 0.3) is 0 Å². The Bertz CT molecular complexity index is 1250. The molecule has 33 heavy (non-hydrogen) atoms. The van der Waals surface area contributed by atoms with Crippen molar-refractivity contribution >= 4 is 5.97 Å². The van der Waals surface area contributed by atoms with Gasteiger partial charge in [-0.3, -0.25) is 0 Å². The molecule has 170 valence electrons. The number of esters is 1. The molecule has 1 aromatic carbocycles. The van der Waals surface area contributed by atoms with E-state index < -0.39 is 23.5 Å². The number of aliphatic hydroxyl groups excluding tert-OH is 1. The quantitative estimate of drug-likeness (QED) is 0.539. The van der Waals surface area contributed by atoms with Gasteiger partial charge in [-0.15, -0.1) is 0 Å². The molecular formula is C21H17F3N6O3. The van der Waals surface area contributed by atoms with Gasteiger partial charge in [0.2, 0.25) is 5.95 Å². The minimum atomic E-state index is -4.76. The van der Waals surface area contributed by atoms with Gasteiger partial charge in [0.1, 0.15) is 18.2 Å². The van der Waals surface area contributed by atoms with Gasteiger partial charge in [-0.1, -0.05) is 6.07 Å². The lowest BCUT2D eigenvalue weighted by molar-refractivity contribution is -0.141. The first-order chi connectivity index (χ1) is 15.7. The van der Waals surface area contributed by atoms with Crippen molar-refractivity contribution in [1.82, 2.24) is 25.1 Å². The highest BCUT2D eigenvalue weighted by Crippen LogP contribution is 2.31. The second-order valence-corrected chi connectivity index (χ2v) is 7.37. The fraction of sp³-hybridized carbons (Fsp3) is 0.286. The van der Waals surface area contributed by atoms with Gasteiger partial charge in [-0.25, -0.2) is 19.4 Å². The van der Waals surface area contributed by atoms with E-state index in [2.05, 4.69) is 20.4 Å². The van der Waals surface area contributed by atoms with Gasteiger partial charge in [-0.05, 0) is 24.1 Å². The highest BCUT2D eigenvalue weighted by molar-refractivity contribution is 5.93. The van der Waals surface area contributed by atoms with Crippen LogP contribution in [0.1, 0.15) is 50.0 Å². The molecule has 12 heteroatoms. The molecule has 0 saturated carbocycles. The maximum Gasteiger partial charge on any atom is 0.436 e. The largest absolute Gasteiger partial charge is 0.457 e. The maximum atomic E-state index is 12.9. The smallest absolute Gasteiger partial charge is 0.436 e. The number of ether oxygens (including phenoxy) is 1. The van der Waals surface area contributed by atoms with Crippen LogP contribution in [0.15, 0.2) is 30.7 Å². The SMILES string of the molecule is Cc1c(C(O)CNCc2cnc(-n3cc(C#N)c(C(F)(F)F)n3)nc2)ccc2c1COC2=O. The molecule has 1 atom stereocenters. The number of aliphatic hydroxyl groups is 1. The van der Waals surface area contributed by atoms with Crippen LogP contribution in [0.25, 0.3) is 5.95 Å². The molecular weight excluding hydrogens is 441 g/mol. The number of fused-ring (bicyclic) bond motifs is 1. The monoisotopic (exact) mass is 458 g/mol. The molecule has 2 aromatic heterocycles. The van der Waals surface area contributed by atoms with Crippen molar-refractivity contribution in [2.75, 3.05) is 6.54 Å². The molecule has 0 spiro atoms. The zero-order valence-corrected chi connectivity index (χ0v) is 17.2. The predicted molar refractivity (Wildman–Crippen MR) is 106 cm³/mol. The third kappa shape index (κ3) is 4.41. The molecule has 0 fully saturated rings. The first kappa shape index (κ1) is 22.4. The molecule has 1 aliphatic heterocycles. The van der Waals surface area contributed by atoms with Crippen LogP contribution in [0.3, 0.4) is 0 Å². The second-order valence-electron chi connectivity index (χ2n) is 7.37. The Balaban J connectivity index is 1.39. The summed E-state index contributed by atoms with van der Waals surface area (Å²) in [7, 11) is 0. The molecule has 0 bridgehead atoms. The summed E-state index contributed by atoms with van der Waals surface area (Å²) >= 11 is 0. The van der Waals surface area contributed by atoms with Crippen molar-refractivity contribution in [3.05, 3.63) is 69.8 Å². The van der Waals surface area contributed by atoms with Gasteiger partial charge in [0.05, 0.1) is 17.9 Å². The fourth-order valence-corrected chi connectivity index (χ4v) is 3.52. The summed E-state index contributed by atoms with van der Waals surface area (Å²) in [5, 5.41) is 25.9. The standard InChI is InChI=1S/C21H17F3N6O3/c1-11-14(2-3-15-16(11)10-33-19(15)32)17(31)8-26-5-12-6-27-20(28-7-12)30-9-13(4-25)18(29-30)21(22,23)24/h2-3,6-7,9,17,26,31H,5,8,10H2,1H3. The van der Waals surface area contributed by atoms with Crippen LogP contribution in [0.2, 0.25) is 0 Å². The highest BCUT2D eigenvalue weighted by Gasteiger charge is 2.37. The number of rotatable bonds is 6. The first-order valence-corrected chi connectivity index (χ1v) is 9.75. The molecule has 0 aliphatic carbocycles. The average Bonchev–Trinajstić information content (AvgIpc) is 3.39. The number of hydrogen-bond donors (Lipinski definition) is 2. The Morgan fingerprint density at radius 3 is 2.70 bits per heavy atom. The van der Waals surface area contributed by atoms with Crippen LogP contribution in [0.4, 0.5) is 13.2 Å². The van der Waals surface area contributed by atoms with Crippen LogP contribution in [0.5, 0.6) is 0 Å². The number of cyclic esters (lactones) is 1. The van der Waals surface area contributed by atoms with E-state index in [0.717, 1.165) is 22.0 Å². The van der Waals surface area contributed by atoms with Crippen molar-refractivity contribution in [3.8, 4) is 12.0 Å². The minimum absolute atomic E-state index is 0.115. The van der Waals surface area contributed by atoms with E-state index in [0.29, 0.717) is 23.2 Å². The van der Waals surface area contributed by atoms with Gasteiger partial charge < -0.3 is 15.2 Å². The van der Waals surface area contributed by atoms with Gasteiger partial charge >= 0.3 is 12.1 Å². The molecule has 9 nitrogen and oxygen atoms in total. The predicted octanol–water partition coefficient (Wildman–Crippen LogP) is 2.35. The number of nitrogens with one attached hydrogen (secondary N) is 1. The fourth-order valence-electron chi connectivity index (χ4n) is 3.52. The topological polar surface area (TPSA) is 126 Å². The number of benzene rings is 1. The Hall–Kier alpha value is -3.82. The van der Waals surface area contributed by atoms with E-state index in [1.165, 1.54) is 18.5 Å². The number of nitriles is 1. The summed E-state index contributed by atoms with van der Waals surface area (Å²) < 4.78 is 44.7. The van der Waals surface area contributed by atoms with Crippen molar-refractivity contribution in [2.45, 2.75) is 32.4 Å². The highest BCUT2D eigenvalue weighted by atomic mass is 19.4. The second kappa shape index (κ2) is 8.61. The van der Waals surface area contributed by atoms with Crippen molar-refractivity contribution < 1.29 is 27.8 Å². The zero-order valence-electron chi connectivity index (χ0n) is 17.2. The summed E-state index contributed by atoms with van der Waals surface area (Å²) in [5.41, 5.74) is 1.46. The van der Waals surface area contributed by atoms with E-state index in [4.69, 9.17) is 10.00 Å². The zero-order chi connectivity index (χ0) is 23.8. The third-order valence-corrected chi connectivity index (χ3v) is 5.23. The molecule has 2 N–H and O–H groups in total. The Kier molecular flexibility index (Phi) is 5.84. The minimum Gasteiger partial charge on any atom is -0.457 e. The summed E-state index contributed by atoms with van der Waals surface area (Å²) in [6, 6.07) is 4.79. The van der Waals surface area contributed by atoms with E-state index in [9.17, 15) is 23.1 Å². The van der Waals surface area contributed by atoms with E-state index in [1.807, 2.05) is 6.92 Å². The number of alkyl halides is 3. The summed E-state index contributed by atoms with van der Waals surface area (Å²) in [5.74, 6) is -0.486. The van der Waals surface area contributed by atoms with Crippen LogP contribution < -0.4 is 5.32 Å². The average molecular weight is 458 g/mol. The number of hydrogen-bond acceptors (Lipinski definition) is 8. The van der Waals surface area contributed by atoms with E-state index in [-0.39, 0.29) is 25.1 Å². The summed E-state index contributed by atoms with van der Waals surface area (Å²) in [4.78, 5) is 19.6. The number of aromatic nitrogens is 4. The number of nitrogens with zero attached hydrogens (tertiary/aromatic N) is 5. The Morgan fingerprint density at radius 2 is 2.06 bits per heavy atom. The summed E-state index contributed by atoms with van der Waals surface area (Å²) in [6.45, 7) is 2.51. The van der Waals surface area contributed by atoms with Crippen LogP contribution in [-0.2, 0) is 24.1 Å². The number of halogens is 3. The van der Waals surface area contributed by atoms with Gasteiger partial charge in [0.15, 0.2) is 5.69 Å². The summed E-state index contributed by atoms with van der Waals surface area (Å²) in [6.07, 6.45) is -1.86.